The molecule has 0 radical (unpaired) electrons. The van der Waals surface area contributed by atoms with Gasteiger partial charge in [-0.2, -0.15) is 8.42 Å². The zero-order valence-corrected chi connectivity index (χ0v) is 18.8. The fraction of sp³-hybridized carbons (Fsp3) is 1.00. The van der Waals surface area contributed by atoms with Gasteiger partial charge in [-0.05, 0) is 0 Å². The maximum atomic E-state index is 8.74. The van der Waals surface area contributed by atoms with Crippen LogP contribution in [0.3, 0.4) is 0 Å². The topological polar surface area (TPSA) is 74.6 Å². The molecular weight excluding hydrogens is 327 g/mol. The molecule has 130 valence electrons. The van der Waals surface area contributed by atoms with E-state index in [1.807, 2.05) is 0 Å². The Morgan fingerprint density at radius 3 is 1.45 bits per heavy atom. The first-order valence-corrected chi connectivity index (χ1v) is 12.6. The van der Waals surface area contributed by atoms with Gasteiger partial charge >= 0.3 is 157 Å². The Bertz CT molecular complexity index is 299. The molecule has 0 bridgehead atoms. The Balaban J connectivity index is 0. The normalized spacial score (nSPS) is 12.6. The molecule has 0 saturated carbocycles. The van der Waals surface area contributed by atoms with Crippen LogP contribution in [0.2, 0.25) is 0.515 Å². The SMILES string of the molecule is CCCCCCCCC([CH2][K])CCCCCC.O=S(=O)(O)O. The van der Waals surface area contributed by atoms with Crippen LogP contribution in [0.4, 0.5) is 0 Å². The number of unbranched alkanes of at least 4 members (excludes halogenated alkanes) is 8. The predicted octanol–water partition coefficient (Wildman–Crippen LogP) is 5.26. The van der Waals surface area contributed by atoms with Crippen LogP contribution in [0.15, 0.2) is 0 Å². The third-order valence-corrected chi connectivity index (χ3v) is 5.81. The fourth-order valence-corrected chi connectivity index (χ4v) is 3.90. The van der Waals surface area contributed by atoms with Gasteiger partial charge in [-0.15, -0.1) is 0 Å². The standard InChI is InChI=1S/C16H33.K.H2O4S/c1-4-6-8-10-11-13-15-16(3)14-12-9-7-5-2;;1-5(2,3)4/h16H,3-15H2,1-2H3;;(H2,1,2,3,4). The molecule has 22 heavy (non-hydrogen) atoms. The first kappa shape index (κ1) is 25.7. The molecule has 0 aromatic rings. The zero-order chi connectivity index (χ0) is 17.3. The number of hydrogen-bond acceptors (Lipinski definition) is 2. The van der Waals surface area contributed by atoms with Gasteiger partial charge in [0.2, 0.25) is 0 Å². The molecule has 4 nitrogen and oxygen atoms in total. The molecule has 6 heteroatoms. The van der Waals surface area contributed by atoms with Crippen LogP contribution in [0.5, 0.6) is 0 Å². The maximum Gasteiger partial charge on any atom is 0.394 e. The van der Waals surface area contributed by atoms with E-state index in [0.717, 1.165) is 54.9 Å². The molecule has 0 aliphatic carbocycles. The molecule has 0 aliphatic rings. The Labute approximate surface area is 172 Å². The van der Waals surface area contributed by atoms with Crippen molar-refractivity contribution < 1.29 is 17.5 Å². The van der Waals surface area contributed by atoms with E-state index in [1.54, 1.807) is 6.94 Å². The van der Waals surface area contributed by atoms with Crippen molar-refractivity contribution in [2.75, 3.05) is 0 Å². The minimum atomic E-state index is -4.67. The summed E-state index contributed by atoms with van der Waals surface area (Å²) in [6, 6.07) is 0. The average molecular weight is 363 g/mol. The smallest absolute Gasteiger partial charge is 0.264 e. The third-order valence-electron chi connectivity index (χ3n) is 4.01. The van der Waals surface area contributed by atoms with Crippen molar-refractivity contribution in [1.29, 1.82) is 0 Å². The van der Waals surface area contributed by atoms with E-state index in [9.17, 15) is 0 Å². The Hall–Kier alpha value is 1.51. The fourth-order valence-electron chi connectivity index (χ4n) is 2.63. The molecule has 0 heterocycles. The van der Waals surface area contributed by atoms with Crippen LogP contribution in [-0.4, -0.2) is 66.5 Å². The van der Waals surface area contributed by atoms with Gasteiger partial charge in [-0.25, -0.2) is 0 Å². The molecular formula is C16H35KO4S. The molecule has 2 N–H and O–H groups in total. The summed E-state index contributed by atoms with van der Waals surface area (Å²) in [6.07, 6.45) is 17.7. The molecule has 0 fully saturated rings. The van der Waals surface area contributed by atoms with E-state index in [4.69, 9.17) is 17.5 Å². The van der Waals surface area contributed by atoms with E-state index < -0.39 is 10.4 Å². The molecule has 0 amide bonds. The van der Waals surface area contributed by atoms with Gasteiger partial charge in [-0.1, -0.05) is 0 Å². The first-order chi connectivity index (χ1) is 10.3. The summed E-state index contributed by atoms with van der Waals surface area (Å²) in [5.41, 5.74) is 0. The summed E-state index contributed by atoms with van der Waals surface area (Å²) in [5, 5.41) is 0. The molecule has 0 aromatic carbocycles. The molecule has 1 unspecified atom stereocenters. The van der Waals surface area contributed by atoms with Crippen molar-refractivity contribution in [3.05, 3.63) is 0 Å². The predicted molar refractivity (Wildman–Crippen MR) is 95.0 cm³/mol. The van der Waals surface area contributed by atoms with E-state index >= 15 is 0 Å². The van der Waals surface area contributed by atoms with Crippen LogP contribution >= 0.6 is 0 Å². The van der Waals surface area contributed by atoms with Crippen molar-refractivity contribution in [3.63, 3.8) is 0 Å². The van der Waals surface area contributed by atoms with E-state index in [1.165, 1.54) is 70.6 Å². The largest absolute Gasteiger partial charge is 0.394 e. The third kappa shape index (κ3) is 29.5. The summed E-state index contributed by atoms with van der Waals surface area (Å²) in [5.74, 6) is 1.11. The number of hydrogen-bond donors (Lipinski definition) is 2. The second kappa shape index (κ2) is 18.8. The van der Waals surface area contributed by atoms with Gasteiger partial charge in [-0.3, -0.25) is 9.11 Å². The molecule has 0 saturated heterocycles. The van der Waals surface area contributed by atoms with Gasteiger partial charge in [0.15, 0.2) is 0 Å². The Morgan fingerprint density at radius 1 is 0.773 bits per heavy atom. The van der Waals surface area contributed by atoms with Crippen molar-refractivity contribution in [3.8, 4) is 0 Å². The van der Waals surface area contributed by atoms with Crippen molar-refractivity contribution in [2.24, 2.45) is 5.92 Å². The van der Waals surface area contributed by atoms with Crippen LogP contribution < -0.4 is 0 Å². The Kier molecular flexibility index (Phi) is 22.0. The quantitative estimate of drug-likeness (QED) is 0.266. The summed E-state index contributed by atoms with van der Waals surface area (Å²) in [6.45, 7) is 4.61. The molecule has 0 spiro atoms. The zero-order valence-electron chi connectivity index (χ0n) is 14.9. The second-order valence-electron chi connectivity index (χ2n) is 6.13. The summed E-state index contributed by atoms with van der Waals surface area (Å²) in [7, 11) is -4.67. The monoisotopic (exact) mass is 362 g/mol. The van der Waals surface area contributed by atoms with Gasteiger partial charge in [0, 0.05) is 0 Å². The summed E-state index contributed by atoms with van der Waals surface area (Å²) < 4.78 is 33.2. The minimum Gasteiger partial charge on any atom is -0.264 e. The van der Waals surface area contributed by atoms with Crippen molar-refractivity contribution in [2.45, 2.75) is 91.4 Å². The van der Waals surface area contributed by atoms with Crippen LogP contribution in [0.25, 0.3) is 0 Å². The minimum absolute atomic E-state index is 1.07. The van der Waals surface area contributed by atoms with Gasteiger partial charge in [0.25, 0.3) is 0 Å². The summed E-state index contributed by atoms with van der Waals surface area (Å²) in [4.78, 5) is 0. The molecule has 0 rings (SSSR count). The second-order valence-corrected chi connectivity index (χ2v) is 8.30. The van der Waals surface area contributed by atoms with Crippen LogP contribution in [-0.2, 0) is 10.4 Å². The summed E-state index contributed by atoms with van der Waals surface area (Å²) >= 11 is 1.07. The van der Waals surface area contributed by atoms with Crippen molar-refractivity contribution in [1.82, 2.24) is 0 Å². The molecule has 1 atom stereocenters. The van der Waals surface area contributed by atoms with Crippen LogP contribution in [0, 0.1) is 5.92 Å². The first-order valence-electron chi connectivity index (χ1n) is 9.04. The molecule has 0 aromatic heterocycles. The van der Waals surface area contributed by atoms with E-state index in [-0.39, 0.29) is 0 Å². The average Bonchev–Trinajstić information content (AvgIpc) is 2.43. The number of rotatable bonds is 13. The van der Waals surface area contributed by atoms with Gasteiger partial charge in [0.1, 0.15) is 0 Å². The van der Waals surface area contributed by atoms with Crippen molar-refractivity contribution >= 4 is 59.4 Å². The van der Waals surface area contributed by atoms with E-state index in [0.29, 0.717) is 0 Å². The van der Waals surface area contributed by atoms with Gasteiger partial charge in [0.05, 0.1) is 0 Å². The molecule has 0 aliphatic heterocycles. The Morgan fingerprint density at radius 2 is 1.09 bits per heavy atom. The van der Waals surface area contributed by atoms with E-state index in [2.05, 4.69) is 13.8 Å². The van der Waals surface area contributed by atoms with Crippen LogP contribution in [0.1, 0.15) is 90.9 Å². The maximum absolute atomic E-state index is 8.74. The van der Waals surface area contributed by atoms with Gasteiger partial charge < -0.3 is 0 Å².